The van der Waals surface area contributed by atoms with Crippen molar-refractivity contribution in [3.8, 4) is 11.5 Å². The van der Waals surface area contributed by atoms with E-state index in [0.717, 1.165) is 0 Å². The van der Waals surface area contributed by atoms with Crippen LogP contribution >= 0.6 is 0 Å². The summed E-state index contributed by atoms with van der Waals surface area (Å²) in [5.74, 6) is 1.33. The summed E-state index contributed by atoms with van der Waals surface area (Å²) in [6.07, 6.45) is 0. The molecule has 96 valence electrons. The number of rotatable bonds is 2. The Morgan fingerprint density at radius 2 is 1.18 bits per heavy atom. The summed E-state index contributed by atoms with van der Waals surface area (Å²) >= 11 is 0. The van der Waals surface area contributed by atoms with Crippen LogP contribution < -0.4 is 15.2 Å². The summed E-state index contributed by atoms with van der Waals surface area (Å²) < 4.78 is 11.6. The first-order chi connectivity index (χ1) is 7.58. The number of nitrogens with two attached hydrogens (primary N) is 1. The first kappa shape index (κ1) is 13.7. The summed E-state index contributed by atoms with van der Waals surface area (Å²) in [6, 6.07) is 5.60. The van der Waals surface area contributed by atoms with Crippen LogP contribution in [0.15, 0.2) is 18.2 Å². The molecule has 0 saturated carbocycles. The van der Waals surface area contributed by atoms with Gasteiger partial charge in [-0.15, -0.1) is 0 Å². The van der Waals surface area contributed by atoms with Crippen molar-refractivity contribution in [3.63, 3.8) is 0 Å². The van der Waals surface area contributed by atoms with Crippen LogP contribution in [0.2, 0.25) is 0 Å². The molecule has 3 heteroatoms. The molecule has 0 aliphatic heterocycles. The molecule has 1 aromatic rings. The lowest BCUT2D eigenvalue weighted by Crippen LogP contribution is -2.25. The smallest absolute Gasteiger partial charge is 0.146 e. The predicted molar refractivity (Wildman–Crippen MR) is 71.6 cm³/mol. The molecule has 0 unspecified atom stereocenters. The van der Waals surface area contributed by atoms with Gasteiger partial charge in [0.25, 0.3) is 0 Å². The zero-order valence-corrected chi connectivity index (χ0v) is 11.6. The van der Waals surface area contributed by atoms with E-state index in [1.54, 1.807) is 0 Å². The normalized spacial score (nSPS) is 12.4. The van der Waals surface area contributed by atoms with Gasteiger partial charge in [-0.25, -0.2) is 0 Å². The molecule has 0 saturated heterocycles. The van der Waals surface area contributed by atoms with Gasteiger partial charge in [0.1, 0.15) is 28.4 Å². The molecule has 0 bridgehead atoms. The van der Waals surface area contributed by atoms with Crippen LogP contribution in [0, 0.1) is 0 Å². The molecule has 0 amide bonds. The molecule has 0 atom stereocenters. The van der Waals surface area contributed by atoms with E-state index in [9.17, 15) is 0 Å². The van der Waals surface area contributed by atoms with Gasteiger partial charge in [-0.05, 0) is 53.7 Å². The summed E-state index contributed by atoms with van der Waals surface area (Å²) in [5, 5.41) is 0. The van der Waals surface area contributed by atoms with Crippen molar-refractivity contribution >= 4 is 5.69 Å². The molecule has 0 fully saturated rings. The van der Waals surface area contributed by atoms with E-state index in [-0.39, 0.29) is 11.2 Å². The number of hydrogen-bond acceptors (Lipinski definition) is 3. The predicted octanol–water partition coefficient (Wildman–Crippen LogP) is 3.62. The second-order valence-electron chi connectivity index (χ2n) is 6.10. The number of benzene rings is 1. The standard InChI is InChI=1S/C14H23NO2/c1-13(2,3)16-10-8-7-9-11(12(10)15)17-14(4,5)6/h7-9H,15H2,1-6H3. The fraction of sp³-hybridized carbons (Fsp3) is 0.571. The quantitative estimate of drug-likeness (QED) is 0.799. The van der Waals surface area contributed by atoms with E-state index in [1.165, 1.54) is 0 Å². The Morgan fingerprint density at radius 3 is 1.47 bits per heavy atom. The molecule has 1 aromatic carbocycles. The maximum Gasteiger partial charge on any atom is 0.146 e. The molecule has 0 aliphatic carbocycles. The second-order valence-corrected chi connectivity index (χ2v) is 6.10. The minimum absolute atomic E-state index is 0.269. The maximum absolute atomic E-state index is 6.05. The van der Waals surface area contributed by atoms with E-state index < -0.39 is 0 Å². The molecule has 0 radical (unpaired) electrons. The molecule has 1 rings (SSSR count). The lowest BCUT2D eigenvalue weighted by Gasteiger charge is -2.26. The summed E-state index contributed by atoms with van der Waals surface area (Å²) in [7, 11) is 0. The van der Waals surface area contributed by atoms with Crippen molar-refractivity contribution in [2.75, 3.05) is 5.73 Å². The van der Waals surface area contributed by atoms with Gasteiger partial charge >= 0.3 is 0 Å². The first-order valence-corrected chi connectivity index (χ1v) is 5.85. The zero-order chi connectivity index (χ0) is 13.3. The Labute approximate surface area is 104 Å². The fourth-order valence-electron chi connectivity index (χ4n) is 1.36. The van der Waals surface area contributed by atoms with Crippen LogP contribution in [-0.2, 0) is 0 Å². The summed E-state index contributed by atoms with van der Waals surface area (Å²) in [6.45, 7) is 11.9. The second kappa shape index (κ2) is 4.47. The third kappa shape index (κ3) is 4.55. The minimum atomic E-state index is -0.269. The number of para-hydroxylation sites is 1. The molecule has 3 nitrogen and oxygen atoms in total. The van der Waals surface area contributed by atoms with Crippen molar-refractivity contribution in [3.05, 3.63) is 18.2 Å². The van der Waals surface area contributed by atoms with Gasteiger partial charge in [-0.1, -0.05) is 6.07 Å². The Morgan fingerprint density at radius 1 is 0.824 bits per heavy atom. The Kier molecular flexibility index (Phi) is 3.60. The molecule has 0 aromatic heterocycles. The molecule has 17 heavy (non-hydrogen) atoms. The van der Waals surface area contributed by atoms with Gasteiger partial charge < -0.3 is 15.2 Å². The van der Waals surface area contributed by atoms with Crippen LogP contribution in [0.5, 0.6) is 11.5 Å². The van der Waals surface area contributed by atoms with E-state index in [1.807, 2.05) is 59.7 Å². The van der Waals surface area contributed by atoms with E-state index in [0.29, 0.717) is 17.2 Å². The lowest BCUT2D eigenvalue weighted by molar-refractivity contribution is 0.123. The summed E-state index contributed by atoms with van der Waals surface area (Å²) in [5.41, 5.74) is 6.06. The number of nitrogen functional groups attached to an aromatic ring is 1. The zero-order valence-electron chi connectivity index (χ0n) is 11.6. The monoisotopic (exact) mass is 237 g/mol. The molecular weight excluding hydrogens is 214 g/mol. The fourth-order valence-corrected chi connectivity index (χ4v) is 1.36. The highest BCUT2D eigenvalue weighted by Crippen LogP contribution is 2.35. The molecule has 0 aliphatic rings. The van der Waals surface area contributed by atoms with Crippen molar-refractivity contribution in [1.29, 1.82) is 0 Å². The third-order valence-corrected chi connectivity index (χ3v) is 1.86. The molecular formula is C14H23NO2. The van der Waals surface area contributed by atoms with Crippen LogP contribution in [-0.4, -0.2) is 11.2 Å². The third-order valence-electron chi connectivity index (χ3n) is 1.86. The van der Waals surface area contributed by atoms with Crippen LogP contribution in [0.1, 0.15) is 41.5 Å². The minimum Gasteiger partial charge on any atom is -0.486 e. The molecule has 2 N–H and O–H groups in total. The molecule has 0 spiro atoms. The number of hydrogen-bond donors (Lipinski definition) is 1. The van der Waals surface area contributed by atoms with Crippen molar-refractivity contribution < 1.29 is 9.47 Å². The highest BCUT2D eigenvalue weighted by molar-refractivity contribution is 5.62. The average Bonchev–Trinajstić information content (AvgIpc) is 2.07. The van der Waals surface area contributed by atoms with Gasteiger partial charge in [-0.3, -0.25) is 0 Å². The largest absolute Gasteiger partial charge is 0.486 e. The van der Waals surface area contributed by atoms with Crippen LogP contribution in [0.25, 0.3) is 0 Å². The maximum atomic E-state index is 6.05. The van der Waals surface area contributed by atoms with Crippen molar-refractivity contribution in [2.45, 2.75) is 52.7 Å². The van der Waals surface area contributed by atoms with E-state index >= 15 is 0 Å². The Balaban J connectivity index is 3.00. The number of anilines is 1. The van der Waals surface area contributed by atoms with Gasteiger partial charge in [0.2, 0.25) is 0 Å². The van der Waals surface area contributed by atoms with Crippen LogP contribution in [0.4, 0.5) is 5.69 Å². The molecule has 0 heterocycles. The van der Waals surface area contributed by atoms with E-state index in [2.05, 4.69) is 0 Å². The van der Waals surface area contributed by atoms with Gasteiger partial charge in [-0.2, -0.15) is 0 Å². The van der Waals surface area contributed by atoms with Crippen LogP contribution in [0.3, 0.4) is 0 Å². The van der Waals surface area contributed by atoms with Gasteiger partial charge in [0.15, 0.2) is 0 Å². The highest BCUT2D eigenvalue weighted by Gasteiger charge is 2.18. The first-order valence-electron chi connectivity index (χ1n) is 5.85. The van der Waals surface area contributed by atoms with Crippen molar-refractivity contribution in [1.82, 2.24) is 0 Å². The summed E-state index contributed by atoms with van der Waals surface area (Å²) in [4.78, 5) is 0. The highest BCUT2D eigenvalue weighted by atomic mass is 16.5. The lowest BCUT2D eigenvalue weighted by atomic mass is 10.1. The Hall–Kier alpha value is -1.38. The van der Waals surface area contributed by atoms with Gasteiger partial charge in [0.05, 0.1) is 0 Å². The van der Waals surface area contributed by atoms with Crippen molar-refractivity contribution in [2.24, 2.45) is 0 Å². The number of ether oxygens (including phenoxy) is 2. The topological polar surface area (TPSA) is 44.5 Å². The SMILES string of the molecule is CC(C)(C)Oc1cccc(OC(C)(C)C)c1N. The Bertz CT molecular complexity index is 352. The average molecular weight is 237 g/mol. The van der Waals surface area contributed by atoms with Gasteiger partial charge in [0, 0.05) is 0 Å². The van der Waals surface area contributed by atoms with E-state index in [4.69, 9.17) is 15.2 Å².